The molecule has 8 nitrogen and oxygen atoms in total. The number of nitrogens with zero attached hydrogens (tertiary/aromatic N) is 3. The highest BCUT2D eigenvalue weighted by atomic mass is 19.1. The van der Waals surface area contributed by atoms with Crippen molar-refractivity contribution < 1.29 is 28.2 Å². The maximum atomic E-state index is 15.5. The SMILES string of the molecule is CNC1(c2cc(F)c(-c3nc4cc(C)ccn4c3CC3CN(C(=O)O)CCO3)c(F)c2)COC1. The maximum Gasteiger partial charge on any atom is 0.407 e. The molecular weight excluding hydrogens is 446 g/mol. The average Bonchev–Trinajstić information content (AvgIpc) is 3.10. The number of nitrogens with one attached hydrogen (secondary N) is 1. The van der Waals surface area contributed by atoms with Crippen molar-refractivity contribution >= 4 is 11.7 Å². The van der Waals surface area contributed by atoms with Crippen LogP contribution in [-0.4, -0.2) is 71.5 Å². The Hall–Kier alpha value is -3.08. The van der Waals surface area contributed by atoms with Gasteiger partial charge in [-0.25, -0.2) is 18.6 Å². The molecule has 4 heterocycles. The summed E-state index contributed by atoms with van der Waals surface area (Å²) in [7, 11) is 1.74. The van der Waals surface area contributed by atoms with E-state index in [1.54, 1.807) is 17.6 Å². The van der Waals surface area contributed by atoms with Crippen molar-refractivity contribution in [2.45, 2.75) is 25.0 Å². The second-order valence-corrected chi connectivity index (χ2v) is 8.90. The van der Waals surface area contributed by atoms with E-state index in [2.05, 4.69) is 10.3 Å². The predicted octanol–water partition coefficient (Wildman–Crippen LogP) is 2.95. The Bertz CT molecular complexity index is 1230. The molecule has 1 amide bonds. The van der Waals surface area contributed by atoms with Gasteiger partial charge in [0, 0.05) is 19.2 Å². The number of carboxylic acid groups (broad SMARTS) is 1. The van der Waals surface area contributed by atoms with Crippen LogP contribution in [0, 0.1) is 18.6 Å². The van der Waals surface area contributed by atoms with E-state index in [1.807, 2.05) is 19.1 Å². The van der Waals surface area contributed by atoms with Gasteiger partial charge in [-0.05, 0) is 49.4 Å². The van der Waals surface area contributed by atoms with Gasteiger partial charge in [0.2, 0.25) is 0 Å². The van der Waals surface area contributed by atoms with Crippen LogP contribution in [0.3, 0.4) is 0 Å². The number of halogens is 2. The van der Waals surface area contributed by atoms with Crippen molar-refractivity contribution in [2.75, 3.05) is 40.0 Å². The molecule has 5 rings (SSSR count). The summed E-state index contributed by atoms with van der Waals surface area (Å²) in [5.74, 6) is -1.43. The number of benzene rings is 1. The molecule has 0 spiro atoms. The lowest BCUT2D eigenvalue weighted by atomic mass is 9.87. The number of fused-ring (bicyclic) bond motifs is 1. The summed E-state index contributed by atoms with van der Waals surface area (Å²) in [6.07, 6.45) is 0.571. The van der Waals surface area contributed by atoms with Crippen LogP contribution >= 0.6 is 0 Å². The Morgan fingerprint density at radius 3 is 2.65 bits per heavy atom. The highest BCUT2D eigenvalue weighted by molar-refractivity contribution is 5.69. The molecule has 180 valence electrons. The van der Waals surface area contributed by atoms with E-state index in [1.165, 1.54) is 17.0 Å². The predicted molar refractivity (Wildman–Crippen MR) is 120 cm³/mol. The minimum Gasteiger partial charge on any atom is -0.465 e. The maximum absolute atomic E-state index is 15.5. The zero-order valence-electron chi connectivity index (χ0n) is 19.0. The quantitative estimate of drug-likeness (QED) is 0.594. The van der Waals surface area contributed by atoms with Gasteiger partial charge in [-0.2, -0.15) is 0 Å². The minimum absolute atomic E-state index is 0.169. The van der Waals surface area contributed by atoms with Crippen molar-refractivity contribution in [3.8, 4) is 11.3 Å². The molecule has 2 aliphatic heterocycles. The van der Waals surface area contributed by atoms with Gasteiger partial charge in [0.25, 0.3) is 0 Å². The first kappa shape index (κ1) is 22.7. The summed E-state index contributed by atoms with van der Waals surface area (Å²) < 4.78 is 43.8. The van der Waals surface area contributed by atoms with Crippen LogP contribution in [0.25, 0.3) is 16.9 Å². The van der Waals surface area contributed by atoms with E-state index in [-0.39, 0.29) is 37.4 Å². The standard InChI is InChI=1S/C24H26F2N4O4/c1-14-3-4-30-19(10-16-11-29(23(31)32)5-6-34-16)22(28-20(30)7-14)21-17(25)8-15(9-18(21)26)24(27-2)12-33-13-24/h3-4,7-9,16,27H,5-6,10-13H2,1-2H3,(H,31,32). The monoisotopic (exact) mass is 472 g/mol. The van der Waals surface area contributed by atoms with E-state index < -0.39 is 29.4 Å². The van der Waals surface area contributed by atoms with Crippen LogP contribution in [0.2, 0.25) is 0 Å². The zero-order valence-corrected chi connectivity index (χ0v) is 19.0. The first-order chi connectivity index (χ1) is 16.3. The molecule has 2 N–H and O–H groups in total. The normalized spacial score (nSPS) is 19.9. The fourth-order valence-electron chi connectivity index (χ4n) is 4.66. The van der Waals surface area contributed by atoms with Gasteiger partial charge in [0.1, 0.15) is 17.3 Å². The molecule has 2 aliphatic rings. The molecule has 1 unspecified atom stereocenters. The molecule has 2 saturated heterocycles. The van der Waals surface area contributed by atoms with Gasteiger partial charge >= 0.3 is 6.09 Å². The molecule has 3 aromatic rings. The largest absolute Gasteiger partial charge is 0.465 e. The lowest BCUT2D eigenvalue weighted by Crippen LogP contribution is -2.56. The summed E-state index contributed by atoms with van der Waals surface area (Å²) >= 11 is 0. The number of ether oxygens (including phenoxy) is 2. The van der Waals surface area contributed by atoms with Crippen LogP contribution in [0.5, 0.6) is 0 Å². The molecule has 0 saturated carbocycles. The van der Waals surface area contributed by atoms with Crippen LogP contribution < -0.4 is 5.32 Å². The number of aromatic nitrogens is 2. The Labute approximate surface area is 195 Å². The van der Waals surface area contributed by atoms with Gasteiger partial charge < -0.3 is 29.2 Å². The number of pyridine rings is 1. The third kappa shape index (κ3) is 3.81. The fraction of sp³-hybridized carbons (Fsp3) is 0.417. The third-order valence-corrected chi connectivity index (χ3v) is 6.72. The van der Waals surface area contributed by atoms with Gasteiger partial charge in [-0.1, -0.05) is 0 Å². The van der Waals surface area contributed by atoms with Gasteiger partial charge in [0.05, 0.1) is 55.0 Å². The summed E-state index contributed by atoms with van der Waals surface area (Å²) in [5, 5.41) is 12.5. The van der Waals surface area contributed by atoms with Gasteiger partial charge in [0.15, 0.2) is 0 Å². The van der Waals surface area contributed by atoms with E-state index in [4.69, 9.17) is 9.47 Å². The lowest BCUT2D eigenvalue weighted by Gasteiger charge is -2.41. The summed E-state index contributed by atoms with van der Waals surface area (Å²) in [6, 6.07) is 6.39. The molecule has 0 aliphatic carbocycles. The Kier molecular flexibility index (Phi) is 5.75. The zero-order chi connectivity index (χ0) is 24.0. The molecule has 0 bridgehead atoms. The number of morpholine rings is 1. The van der Waals surface area contributed by atoms with Crippen LogP contribution in [0.4, 0.5) is 13.6 Å². The number of likely N-dealkylation sites (N-methyl/N-ethyl adjacent to an activating group) is 1. The highest BCUT2D eigenvalue weighted by Gasteiger charge is 2.40. The average molecular weight is 472 g/mol. The smallest absolute Gasteiger partial charge is 0.407 e. The Morgan fingerprint density at radius 1 is 1.29 bits per heavy atom. The molecule has 2 fully saturated rings. The van der Waals surface area contributed by atoms with Crippen molar-refractivity contribution in [1.29, 1.82) is 0 Å². The Balaban J connectivity index is 1.59. The molecule has 1 atom stereocenters. The molecule has 1 aromatic carbocycles. The summed E-state index contributed by atoms with van der Waals surface area (Å²) in [6.45, 7) is 3.29. The number of carbonyl (C=O) groups is 1. The van der Waals surface area contributed by atoms with Gasteiger partial charge in [-0.3, -0.25) is 0 Å². The molecule has 34 heavy (non-hydrogen) atoms. The van der Waals surface area contributed by atoms with Crippen LogP contribution in [-0.2, 0) is 21.4 Å². The number of aryl methyl sites for hydroxylation is 1. The summed E-state index contributed by atoms with van der Waals surface area (Å²) in [4.78, 5) is 17.3. The number of amides is 1. The Morgan fingerprint density at radius 2 is 2.03 bits per heavy atom. The molecule has 0 radical (unpaired) electrons. The van der Waals surface area contributed by atoms with E-state index in [0.717, 1.165) is 5.56 Å². The third-order valence-electron chi connectivity index (χ3n) is 6.72. The van der Waals surface area contributed by atoms with E-state index in [9.17, 15) is 9.90 Å². The van der Waals surface area contributed by atoms with Gasteiger partial charge in [-0.15, -0.1) is 0 Å². The van der Waals surface area contributed by atoms with E-state index in [0.29, 0.717) is 30.1 Å². The number of hydrogen-bond acceptors (Lipinski definition) is 5. The minimum atomic E-state index is -1.02. The number of imidazole rings is 1. The van der Waals surface area contributed by atoms with Crippen molar-refractivity contribution in [1.82, 2.24) is 19.6 Å². The fourth-order valence-corrected chi connectivity index (χ4v) is 4.66. The molecule has 2 aromatic heterocycles. The van der Waals surface area contributed by atoms with E-state index >= 15 is 8.78 Å². The van der Waals surface area contributed by atoms with Crippen LogP contribution in [0.15, 0.2) is 30.5 Å². The first-order valence-electron chi connectivity index (χ1n) is 11.1. The molecular formula is C24H26F2N4O4. The lowest BCUT2D eigenvalue weighted by molar-refractivity contribution is -0.0750. The first-order valence-corrected chi connectivity index (χ1v) is 11.1. The highest BCUT2D eigenvalue weighted by Crippen LogP contribution is 2.36. The van der Waals surface area contributed by atoms with Crippen molar-refractivity contribution in [2.24, 2.45) is 0 Å². The second kappa shape index (κ2) is 8.61. The van der Waals surface area contributed by atoms with Crippen LogP contribution in [0.1, 0.15) is 16.8 Å². The van der Waals surface area contributed by atoms with Crippen molar-refractivity contribution in [3.05, 3.63) is 58.9 Å². The second-order valence-electron chi connectivity index (χ2n) is 8.90. The molecule has 10 heteroatoms. The number of rotatable bonds is 5. The van der Waals surface area contributed by atoms with Crippen molar-refractivity contribution in [3.63, 3.8) is 0 Å². The topological polar surface area (TPSA) is 88.3 Å². The summed E-state index contributed by atoms with van der Waals surface area (Å²) in [5.41, 5.74) is 1.91. The number of hydrogen-bond donors (Lipinski definition) is 2.